The van der Waals surface area contributed by atoms with Gasteiger partial charge in [-0.2, -0.15) is 8.78 Å². The lowest BCUT2D eigenvalue weighted by molar-refractivity contribution is -0.0498. The largest absolute Gasteiger partial charge is 0.478 e. The van der Waals surface area contributed by atoms with Crippen molar-refractivity contribution in [3.8, 4) is 5.75 Å². The van der Waals surface area contributed by atoms with Gasteiger partial charge in [0.25, 0.3) is 0 Å². The molecule has 2 aromatic carbocycles. The summed E-state index contributed by atoms with van der Waals surface area (Å²) in [6.07, 6.45) is 3.39. The fraction of sp³-hybridized carbons (Fsp3) is 0.0526. The van der Waals surface area contributed by atoms with E-state index in [1.165, 1.54) is 18.2 Å². The molecule has 1 aromatic heterocycles. The zero-order valence-corrected chi connectivity index (χ0v) is 12.9. The molecule has 0 saturated heterocycles. The summed E-state index contributed by atoms with van der Waals surface area (Å²) >= 11 is 0. The molecule has 3 aromatic rings. The number of carbonyl (C=O) groups is 1. The number of rotatable bonds is 5. The normalized spacial score (nSPS) is 11.3. The first kappa shape index (κ1) is 16.6. The average molecular weight is 341 g/mol. The van der Waals surface area contributed by atoms with Crippen LogP contribution in [0.5, 0.6) is 5.75 Å². The van der Waals surface area contributed by atoms with Crippen LogP contribution in [0.3, 0.4) is 0 Å². The van der Waals surface area contributed by atoms with Crippen molar-refractivity contribution in [3.05, 3.63) is 71.4 Å². The molecule has 0 fully saturated rings. The Morgan fingerprint density at radius 1 is 1.08 bits per heavy atom. The molecule has 6 heteroatoms. The third-order valence-electron chi connectivity index (χ3n) is 3.52. The van der Waals surface area contributed by atoms with Gasteiger partial charge in [0.15, 0.2) is 0 Å². The van der Waals surface area contributed by atoms with E-state index in [0.29, 0.717) is 16.6 Å². The van der Waals surface area contributed by atoms with Gasteiger partial charge in [0, 0.05) is 5.39 Å². The molecule has 1 N–H and O–H groups in total. The number of fused-ring (bicyclic) bond motifs is 1. The van der Waals surface area contributed by atoms with Crippen LogP contribution in [-0.4, -0.2) is 22.7 Å². The molecule has 0 saturated carbocycles. The average Bonchev–Trinajstić information content (AvgIpc) is 2.60. The van der Waals surface area contributed by atoms with Crippen molar-refractivity contribution in [1.82, 2.24) is 4.98 Å². The summed E-state index contributed by atoms with van der Waals surface area (Å²) in [5, 5.41) is 9.94. The third kappa shape index (κ3) is 3.98. The number of hydrogen-bond acceptors (Lipinski definition) is 3. The van der Waals surface area contributed by atoms with E-state index < -0.39 is 12.6 Å². The van der Waals surface area contributed by atoms with Gasteiger partial charge < -0.3 is 9.84 Å². The number of pyridine rings is 1. The minimum Gasteiger partial charge on any atom is -0.478 e. The number of aromatic nitrogens is 1. The number of halogens is 2. The molecule has 0 unspecified atom stereocenters. The monoisotopic (exact) mass is 341 g/mol. The van der Waals surface area contributed by atoms with Gasteiger partial charge >= 0.3 is 12.6 Å². The number of carboxylic acids is 1. The van der Waals surface area contributed by atoms with Crippen molar-refractivity contribution in [3.63, 3.8) is 0 Å². The zero-order chi connectivity index (χ0) is 17.8. The molecule has 0 bridgehead atoms. The number of alkyl halides is 2. The number of para-hydroxylation sites is 1. The Hall–Kier alpha value is -3.28. The highest BCUT2D eigenvalue weighted by atomic mass is 19.3. The van der Waals surface area contributed by atoms with Gasteiger partial charge in [-0.3, -0.25) is 0 Å². The first-order chi connectivity index (χ1) is 12.0. The van der Waals surface area contributed by atoms with E-state index in [1.807, 2.05) is 0 Å². The third-order valence-corrected chi connectivity index (χ3v) is 3.52. The van der Waals surface area contributed by atoms with Crippen LogP contribution < -0.4 is 4.74 Å². The Kier molecular flexibility index (Phi) is 4.70. The van der Waals surface area contributed by atoms with Crippen molar-refractivity contribution < 1.29 is 23.4 Å². The second-order valence-corrected chi connectivity index (χ2v) is 5.20. The Morgan fingerprint density at radius 3 is 2.48 bits per heavy atom. The fourth-order valence-corrected chi connectivity index (χ4v) is 2.40. The van der Waals surface area contributed by atoms with Crippen molar-refractivity contribution in [1.29, 1.82) is 0 Å². The Balaban J connectivity index is 1.89. The maximum absolute atomic E-state index is 12.1. The lowest BCUT2D eigenvalue weighted by Crippen LogP contribution is -2.01. The number of aromatic carboxylic acids is 1. The Labute approximate surface area is 142 Å². The number of carboxylic acid groups (broad SMARTS) is 1. The molecule has 0 atom stereocenters. The van der Waals surface area contributed by atoms with Crippen molar-refractivity contribution in [2.24, 2.45) is 0 Å². The van der Waals surface area contributed by atoms with Crippen LogP contribution in [0.25, 0.3) is 23.1 Å². The molecule has 0 aliphatic rings. The van der Waals surface area contributed by atoms with E-state index in [0.717, 1.165) is 5.56 Å². The van der Waals surface area contributed by atoms with Crippen molar-refractivity contribution in [2.75, 3.05) is 0 Å². The molecular weight excluding hydrogens is 328 g/mol. The minimum atomic E-state index is -2.86. The number of ether oxygens (including phenoxy) is 1. The maximum Gasteiger partial charge on any atom is 0.387 e. The molecule has 3 rings (SSSR count). The Morgan fingerprint density at radius 2 is 1.80 bits per heavy atom. The topological polar surface area (TPSA) is 59.4 Å². The molecule has 25 heavy (non-hydrogen) atoms. The number of hydrogen-bond donors (Lipinski definition) is 1. The second-order valence-electron chi connectivity index (χ2n) is 5.20. The first-order valence-corrected chi connectivity index (χ1v) is 7.39. The standard InChI is InChI=1S/C19H13F2NO3/c20-19(21)25-14-9-6-12(7-10-14)5-8-13-11-16(18(23)24)15-3-1-2-4-17(15)22-13/h1-11,19H,(H,23,24). The van der Waals surface area contributed by atoms with Crippen LogP contribution in [0, 0.1) is 0 Å². The van der Waals surface area contributed by atoms with E-state index in [2.05, 4.69) is 9.72 Å². The molecule has 0 amide bonds. The highest BCUT2D eigenvalue weighted by Crippen LogP contribution is 2.20. The minimum absolute atomic E-state index is 0.0733. The summed E-state index contributed by atoms with van der Waals surface area (Å²) < 4.78 is 28.5. The van der Waals surface area contributed by atoms with Crippen LogP contribution in [-0.2, 0) is 0 Å². The van der Waals surface area contributed by atoms with Gasteiger partial charge in [-0.1, -0.05) is 36.4 Å². The van der Waals surface area contributed by atoms with Gasteiger partial charge in [0.1, 0.15) is 5.75 Å². The van der Waals surface area contributed by atoms with Gasteiger partial charge in [-0.25, -0.2) is 9.78 Å². The second kappa shape index (κ2) is 7.09. The lowest BCUT2D eigenvalue weighted by Gasteiger charge is -2.05. The predicted molar refractivity (Wildman–Crippen MR) is 90.7 cm³/mol. The van der Waals surface area contributed by atoms with Crippen LogP contribution in [0.4, 0.5) is 8.78 Å². The van der Waals surface area contributed by atoms with Crippen molar-refractivity contribution in [2.45, 2.75) is 6.61 Å². The molecular formula is C19H13F2NO3. The lowest BCUT2D eigenvalue weighted by atomic mass is 10.1. The maximum atomic E-state index is 12.1. The van der Waals surface area contributed by atoms with E-state index >= 15 is 0 Å². The molecule has 0 aliphatic heterocycles. The fourth-order valence-electron chi connectivity index (χ4n) is 2.40. The van der Waals surface area contributed by atoms with E-state index in [1.54, 1.807) is 48.6 Å². The van der Waals surface area contributed by atoms with E-state index in [-0.39, 0.29) is 11.3 Å². The summed E-state index contributed by atoms with van der Waals surface area (Å²) in [6, 6.07) is 14.6. The summed E-state index contributed by atoms with van der Waals surface area (Å²) in [6.45, 7) is -2.86. The summed E-state index contributed by atoms with van der Waals surface area (Å²) in [5.74, 6) is -0.953. The van der Waals surface area contributed by atoms with Crippen LogP contribution in [0.1, 0.15) is 21.6 Å². The van der Waals surface area contributed by atoms with Crippen LogP contribution in [0.2, 0.25) is 0 Å². The quantitative estimate of drug-likeness (QED) is 0.730. The summed E-state index contributed by atoms with van der Waals surface area (Å²) in [7, 11) is 0. The van der Waals surface area contributed by atoms with Gasteiger partial charge in [-0.15, -0.1) is 0 Å². The first-order valence-electron chi connectivity index (χ1n) is 7.39. The SMILES string of the molecule is O=C(O)c1cc(C=Cc2ccc(OC(F)F)cc2)nc2ccccc12. The molecule has 1 heterocycles. The molecule has 0 spiro atoms. The Bertz CT molecular complexity index is 937. The molecule has 4 nitrogen and oxygen atoms in total. The van der Waals surface area contributed by atoms with Crippen LogP contribution >= 0.6 is 0 Å². The number of benzene rings is 2. The molecule has 126 valence electrons. The number of nitrogens with zero attached hydrogens (tertiary/aromatic N) is 1. The van der Waals surface area contributed by atoms with Gasteiger partial charge in [0.05, 0.1) is 16.8 Å². The van der Waals surface area contributed by atoms with E-state index in [4.69, 9.17) is 0 Å². The molecule has 0 radical (unpaired) electrons. The smallest absolute Gasteiger partial charge is 0.387 e. The van der Waals surface area contributed by atoms with Gasteiger partial charge in [0.2, 0.25) is 0 Å². The van der Waals surface area contributed by atoms with Crippen LogP contribution in [0.15, 0.2) is 54.6 Å². The van der Waals surface area contributed by atoms with Crippen molar-refractivity contribution >= 4 is 29.0 Å². The zero-order valence-electron chi connectivity index (χ0n) is 12.9. The van der Waals surface area contributed by atoms with E-state index in [9.17, 15) is 18.7 Å². The molecule has 0 aliphatic carbocycles. The predicted octanol–water partition coefficient (Wildman–Crippen LogP) is 4.70. The highest BCUT2D eigenvalue weighted by Gasteiger charge is 2.10. The summed E-state index contributed by atoms with van der Waals surface area (Å²) in [4.78, 5) is 15.9. The highest BCUT2D eigenvalue weighted by molar-refractivity contribution is 6.03. The van der Waals surface area contributed by atoms with Gasteiger partial charge in [-0.05, 0) is 35.9 Å². The summed E-state index contributed by atoms with van der Waals surface area (Å²) in [5.41, 5.74) is 1.99.